The lowest BCUT2D eigenvalue weighted by molar-refractivity contribution is 0.882. The Labute approximate surface area is 72.5 Å². The molecule has 0 saturated carbocycles. The van der Waals surface area contributed by atoms with E-state index in [0.29, 0.717) is 5.69 Å². The summed E-state index contributed by atoms with van der Waals surface area (Å²) >= 11 is 0. The van der Waals surface area contributed by atoms with Crippen molar-refractivity contribution in [3.05, 3.63) is 27.9 Å². The van der Waals surface area contributed by atoms with Gasteiger partial charge in [-0.2, -0.15) is 9.78 Å². The molecule has 0 bridgehead atoms. The topological polar surface area (TPSA) is 86.8 Å². The molecule has 0 fully saturated rings. The largest absolute Gasteiger partial charge is 0.292 e. The summed E-state index contributed by atoms with van der Waals surface area (Å²) in [6.45, 7) is 1.61. The lowest BCUT2D eigenvalue weighted by Crippen LogP contribution is -2.19. The molecule has 6 heteroatoms. The smallest absolute Gasteiger partial charge is 0.278 e. The van der Waals surface area contributed by atoms with E-state index in [2.05, 4.69) is 15.1 Å². The van der Waals surface area contributed by atoms with Crippen LogP contribution in [0.5, 0.6) is 0 Å². The first-order valence-corrected chi connectivity index (χ1v) is 3.57. The number of aryl methyl sites for hydroxylation is 1. The first-order valence-electron chi connectivity index (χ1n) is 3.57. The van der Waals surface area contributed by atoms with Crippen LogP contribution < -0.4 is 5.56 Å². The van der Waals surface area contributed by atoms with Crippen LogP contribution in [-0.2, 0) is 0 Å². The van der Waals surface area contributed by atoms with Gasteiger partial charge in [0.05, 0.1) is 5.69 Å². The number of aromatic amines is 1. The van der Waals surface area contributed by atoms with E-state index in [4.69, 9.17) is 5.26 Å². The molecule has 2 aromatic heterocycles. The van der Waals surface area contributed by atoms with E-state index in [1.165, 1.54) is 6.33 Å². The molecule has 64 valence electrons. The fourth-order valence-corrected chi connectivity index (χ4v) is 1.09. The van der Waals surface area contributed by atoms with E-state index in [1.54, 1.807) is 13.0 Å². The average Bonchev–Trinajstić information content (AvgIpc) is 2.53. The van der Waals surface area contributed by atoms with E-state index in [9.17, 15) is 4.79 Å². The summed E-state index contributed by atoms with van der Waals surface area (Å²) < 4.78 is 1.13. The molecule has 0 atom stereocenters. The third kappa shape index (κ3) is 0.906. The first kappa shape index (κ1) is 7.49. The van der Waals surface area contributed by atoms with Crippen LogP contribution in [-0.4, -0.2) is 19.6 Å². The van der Waals surface area contributed by atoms with Gasteiger partial charge in [0.15, 0.2) is 0 Å². The zero-order valence-electron chi connectivity index (χ0n) is 6.77. The number of rotatable bonds is 0. The molecule has 0 radical (unpaired) electrons. The molecule has 0 saturated heterocycles. The molecular formula is C7H5N5O. The minimum Gasteiger partial charge on any atom is -0.278 e. The van der Waals surface area contributed by atoms with Crippen LogP contribution in [0, 0.1) is 18.3 Å². The predicted molar refractivity (Wildman–Crippen MR) is 43.1 cm³/mol. The van der Waals surface area contributed by atoms with E-state index in [-0.39, 0.29) is 11.3 Å². The number of hydrogen-bond acceptors (Lipinski definition) is 4. The summed E-state index contributed by atoms with van der Waals surface area (Å²) in [5.74, 6) is 0.279. The summed E-state index contributed by atoms with van der Waals surface area (Å²) in [4.78, 5) is 19.2. The number of nitriles is 1. The van der Waals surface area contributed by atoms with E-state index in [1.807, 2.05) is 0 Å². The zero-order valence-corrected chi connectivity index (χ0v) is 6.77. The highest BCUT2D eigenvalue weighted by Crippen LogP contribution is 1.97. The van der Waals surface area contributed by atoms with Crippen LogP contribution in [0.15, 0.2) is 11.1 Å². The summed E-state index contributed by atoms with van der Waals surface area (Å²) in [5.41, 5.74) is 0.0313. The van der Waals surface area contributed by atoms with Crippen LogP contribution in [0.2, 0.25) is 0 Å². The molecule has 0 aliphatic heterocycles. The van der Waals surface area contributed by atoms with Gasteiger partial charge in [0, 0.05) is 0 Å². The molecule has 2 aromatic rings. The van der Waals surface area contributed by atoms with Gasteiger partial charge in [-0.05, 0) is 6.92 Å². The number of fused-ring (bicyclic) bond motifs is 1. The second-order valence-electron chi connectivity index (χ2n) is 2.51. The van der Waals surface area contributed by atoms with Crippen molar-refractivity contribution in [1.29, 1.82) is 5.26 Å². The second-order valence-corrected chi connectivity index (χ2v) is 2.51. The van der Waals surface area contributed by atoms with Gasteiger partial charge in [-0.1, -0.05) is 0 Å². The Hall–Kier alpha value is -2.16. The molecule has 0 aliphatic rings. The summed E-state index contributed by atoms with van der Waals surface area (Å²) in [5, 5.41) is 11.2. The van der Waals surface area contributed by atoms with E-state index < -0.39 is 5.56 Å². The first-order chi connectivity index (χ1) is 6.24. The maximum absolute atomic E-state index is 11.5. The highest BCUT2D eigenvalue weighted by Gasteiger charge is 2.09. The van der Waals surface area contributed by atoms with Gasteiger partial charge >= 0.3 is 0 Å². The number of nitrogens with zero attached hydrogens (tertiary/aromatic N) is 4. The number of nitrogens with one attached hydrogen (secondary N) is 1. The predicted octanol–water partition coefficient (Wildman–Crippen LogP) is -0.402. The average molecular weight is 175 g/mol. The standard InChI is InChI=1S/C7H5N5O/c1-4-5(2-8)6(13)12-7(11-4)9-3-10-12/h3H,1H3,(H,9,10,11). The Balaban J connectivity index is 3.04. The van der Waals surface area contributed by atoms with Crippen molar-refractivity contribution < 1.29 is 0 Å². The molecule has 6 nitrogen and oxygen atoms in total. The molecule has 1 N–H and O–H groups in total. The maximum Gasteiger partial charge on any atom is 0.292 e. The molecule has 0 spiro atoms. The van der Waals surface area contributed by atoms with Gasteiger partial charge in [-0.3, -0.25) is 9.89 Å². The Morgan fingerprint density at radius 2 is 2.46 bits per heavy atom. The number of aromatic nitrogens is 4. The summed E-state index contributed by atoms with van der Waals surface area (Å²) in [6, 6.07) is 1.80. The minimum absolute atomic E-state index is 0.0433. The van der Waals surface area contributed by atoms with Gasteiger partial charge < -0.3 is 0 Å². The van der Waals surface area contributed by atoms with Crippen molar-refractivity contribution in [3.8, 4) is 6.07 Å². The minimum atomic E-state index is -0.414. The van der Waals surface area contributed by atoms with Crippen molar-refractivity contribution in [2.24, 2.45) is 0 Å². The third-order valence-corrected chi connectivity index (χ3v) is 1.73. The van der Waals surface area contributed by atoms with Crippen molar-refractivity contribution in [2.45, 2.75) is 6.92 Å². The Bertz CT molecular complexity index is 558. The monoisotopic (exact) mass is 175 g/mol. The quantitative estimate of drug-likeness (QED) is 0.590. The molecule has 0 amide bonds. The van der Waals surface area contributed by atoms with Crippen LogP contribution >= 0.6 is 0 Å². The zero-order chi connectivity index (χ0) is 9.42. The maximum atomic E-state index is 11.5. The van der Waals surface area contributed by atoms with Crippen LogP contribution in [0.3, 0.4) is 0 Å². The van der Waals surface area contributed by atoms with Crippen LogP contribution in [0.1, 0.15) is 11.3 Å². The highest BCUT2D eigenvalue weighted by atomic mass is 16.1. The lowest BCUT2D eigenvalue weighted by atomic mass is 10.3. The molecule has 0 aromatic carbocycles. The summed E-state index contributed by atoms with van der Waals surface area (Å²) in [7, 11) is 0. The molecule has 0 unspecified atom stereocenters. The van der Waals surface area contributed by atoms with Crippen molar-refractivity contribution in [3.63, 3.8) is 0 Å². The van der Waals surface area contributed by atoms with Gasteiger partial charge in [-0.15, -0.1) is 0 Å². The fourth-order valence-electron chi connectivity index (χ4n) is 1.09. The van der Waals surface area contributed by atoms with Crippen molar-refractivity contribution in [2.75, 3.05) is 0 Å². The molecule has 0 aliphatic carbocycles. The van der Waals surface area contributed by atoms with Gasteiger partial charge in [0.25, 0.3) is 11.3 Å². The molecular weight excluding hydrogens is 170 g/mol. The van der Waals surface area contributed by atoms with Crippen LogP contribution in [0.4, 0.5) is 0 Å². The molecule has 2 rings (SSSR count). The second kappa shape index (κ2) is 2.42. The number of hydrogen-bond donors (Lipinski definition) is 1. The Morgan fingerprint density at radius 3 is 3.15 bits per heavy atom. The lowest BCUT2D eigenvalue weighted by Gasteiger charge is -1.94. The van der Waals surface area contributed by atoms with Gasteiger partial charge in [-0.25, -0.2) is 9.97 Å². The fraction of sp³-hybridized carbons (Fsp3) is 0.143. The van der Waals surface area contributed by atoms with Crippen molar-refractivity contribution >= 4 is 5.78 Å². The highest BCUT2D eigenvalue weighted by molar-refractivity contribution is 5.37. The van der Waals surface area contributed by atoms with Crippen LogP contribution in [0.25, 0.3) is 5.78 Å². The normalized spacial score (nSPS) is 10.2. The van der Waals surface area contributed by atoms with Gasteiger partial charge in [0.2, 0.25) is 0 Å². The number of H-pyrrole nitrogens is 1. The third-order valence-electron chi connectivity index (χ3n) is 1.73. The molecule has 13 heavy (non-hydrogen) atoms. The van der Waals surface area contributed by atoms with Crippen molar-refractivity contribution in [1.82, 2.24) is 19.6 Å². The van der Waals surface area contributed by atoms with Gasteiger partial charge in [0.1, 0.15) is 18.0 Å². The Kier molecular flexibility index (Phi) is 1.39. The SMILES string of the molecule is Cc1nc2nc[nH]n2c(=O)c1C#N. The Morgan fingerprint density at radius 1 is 1.69 bits per heavy atom. The van der Waals surface area contributed by atoms with E-state index in [0.717, 1.165) is 4.52 Å². The molecule has 2 heterocycles. The summed E-state index contributed by atoms with van der Waals surface area (Å²) in [6.07, 6.45) is 1.35. The van der Waals surface area contributed by atoms with E-state index >= 15 is 0 Å².